The van der Waals surface area contributed by atoms with Gasteiger partial charge in [-0.1, -0.05) is 24.3 Å². The smallest absolute Gasteiger partial charge is 0.124 e. The minimum absolute atomic E-state index is 0.281. The van der Waals surface area contributed by atoms with Crippen molar-refractivity contribution < 1.29 is 9.50 Å². The van der Waals surface area contributed by atoms with Gasteiger partial charge in [-0.2, -0.15) is 0 Å². The van der Waals surface area contributed by atoms with Gasteiger partial charge in [0.2, 0.25) is 0 Å². The Hall–Kier alpha value is -0.940. The van der Waals surface area contributed by atoms with Crippen molar-refractivity contribution in [3.63, 3.8) is 0 Å². The molecule has 2 aromatic rings. The fourth-order valence-electron chi connectivity index (χ4n) is 1.96. The summed E-state index contributed by atoms with van der Waals surface area (Å²) in [6.45, 7) is 4.01. The fourth-order valence-corrected chi connectivity index (χ4v) is 2.73. The quantitative estimate of drug-likeness (QED) is 0.803. The molecule has 2 rings (SSSR count). The molecule has 1 unspecified atom stereocenters. The molecule has 0 aromatic heterocycles. The lowest BCUT2D eigenvalue weighted by Crippen LogP contribution is -2.05. The van der Waals surface area contributed by atoms with Crippen LogP contribution in [0.5, 0.6) is 0 Å². The second kappa shape index (κ2) is 5.36. The molecule has 94 valence electrons. The van der Waals surface area contributed by atoms with Gasteiger partial charge in [0, 0.05) is 3.57 Å². The lowest BCUT2D eigenvalue weighted by Gasteiger charge is -2.17. The Labute approximate surface area is 120 Å². The lowest BCUT2D eigenvalue weighted by molar-refractivity contribution is 0.218. The van der Waals surface area contributed by atoms with E-state index >= 15 is 0 Å². The van der Waals surface area contributed by atoms with Gasteiger partial charge in [0.25, 0.3) is 0 Å². The SMILES string of the molecule is Cc1cccc(C(O)c2ccc(F)cc2I)c1C. The minimum atomic E-state index is -0.711. The van der Waals surface area contributed by atoms with E-state index in [1.165, 1.54) is 12.1 Å². The van der Waals surface area contributed by atoms with Gasteiger partial charge in [0.15, 0.2) is 0 Å². The third-order valence-electron chi connectivity index (χ3n) is 3.20. The highest BCUT2D eigenvalue weighted by molar-refractivity contribution is 14.1. The van der Waals surface area contributed by atoms with E-state index in [1.54, 1.807) is 6.07 Å². The van der Waals surface area contributed by atoms with Gasteiger partial charge >= 0.3 is 0 Å². The average molecular weight is 356 g/mol. The number of halogens is 2. The molecule has 0 radical (unpaired) electrons. The van der Waals surface area contributed by atoms with Crippen LogP contribution in [0, 0.1) is 23.2 Å². The predicted molar refractivity (Wildman–Crippen MR) is 79.1 cm³/mol. The van der Waals surface area contributed by atoms with E-state index in [1.807, 2.05) is 54.6 Å². The van der Waals surface area contributed by atoms with Crippen molar-refractivity contribution in [3.8, 4) is 0 Å². The number of hydrogen-bond donors (Lipinski definition) is 1. The van der Waals surface area contributed by atoms with Gasteiger partial charge in [0.05, 0.1) is 0 Å². The number of hydrogen-bond acceptors (Lipinski definition) is 1. The lowest BCUT2D eigenvalue weighted by atomic mass is 9.95. The summed E-state index contributed by atoms with van der Waals surface area (Å²) in [6.07, 6.45) is -0.711. The van der Waals surface area contributed by atoms with Crippen molar-refractivity contribution in [1.29, 1.82) is 0 Å². The molecule has 2 aromatic carbocycles. The maximum Gasteiger partial charge on any atom is 0.124 e. The highest BCUT2D eigenvalue weighted by atomic mass is 127. The molecule has 0 saturated carbocycles. The summed E-state index contributed by atoms with van der Waals surface area (Å²) in [7, 11) is 0. The Morgan fingerprint density at radius 1 is 1.11 bits per heavy atom. The molecule has 3 heteroatoms. The van der Waals surface area contributed by atoms with E-state index in [2.05, 4.69) is 0 Å². The molecular formula is C15H14FIO. The third-order valence-corrected chi connectivity index (χ3v) is 4.13. The molecule has 0 fully saturated rings. The Kier molecular flexibility index (Phi) is 4.02. The van der Waals surface area contributed by atoms with E-state index in [0.717, 1.165) is 25.8 Å². The maximum atomic E-state index is 13.1. The standard InChI is InChI=1S/C15H14FIO/c1-9-4-3-5-12(10(9)2)15(18)13-7-6-11(16)8-14(13)17/h3-8,15,18H,1-2H3. The highest BCUT2D eigenvalue weighted by Crippen LogP contribution is 2.29. The summed E-state index contributed by atoms with van der Waals surface area (Å²) >= 11 is 2.05. The van der Waals surface area contributed by atoms with Gasteiger partial charge in [-0.3, -0.25) is 0 Å². The fraction of sp³-hybridized carbons (Fsp3) is 0.200. The molecule has 0 saturated heterocycles. The van der Waals surface area contributed by atoms with Crippen LogP contribution in [0.15, 0.2) is 36.4 Å². The zero-order chi connectivity index (χ0) is 13.3. The Morgan fingerprint density at radius 2 is 1.83 bits per heavy atom. The summed E-state index contributed by atoms with van der Waals surface area (Å²) in [5, 5.41) is 10.4. The molecule has 0 amide bonds. The molecule has 18 heavy (non-hydrogen) atoms. The van der Waals surface area contributed by atoms with Crippen LogP contribution in [0.1, 0.15) is 28.4 Å². The van der Waals surface area contributed by atoms with E-state index in [0.29, 0.717) is 0 Å². The molecule has 0 heterocycles. The van der Waals surface area contributed by atoms with Crippen LogP contribution >= 0.6 is 22.6 Å². The molecule has 1 nitrogen and oxygen atoms in total. The highest BCUT2D eigenvalue weighted by Gasteiger charge is 2.16. The predicted octanol–water partition coefficient (Wildman–Crippen LogP) is 4.13. The molecule has 0 spiro atoms. The van der Waals surface area contributed by atoms with Crippen LogP contribution < -0.4 is 0 Å². The zero-order valence-electron chi connectivity index (χ0n) is 10.2. The normalized spacial score (nSPS) is 12.5. The second-order valence-electron chi connectivity index (χ2n) is 4.36. The number of aryl methyl sites for hydroxylation is 1. The van der Waals surface area contributed by atoms with Crippen molar-refractivity contribution in [2.75, 3.05) is 0 Å². The van der Waals surface area contributed by atoms with E-state index in [9.17, 15) is 9.50 Å². The first-order chi connectivity index (χ1) is 8.50. The first-order valence-electron chi connectivity index (χ1n) is 5.70. The van der Waals surface area contributed by atoms with Crippen LogP contribution in [-0.4, -0.2) is 5.11 Å². The molecule has 0 aliphatic rings. The molecule has 0 aliphatic heterocycles. The van der Waals surface area contributed by atoms with Gasteiger partial charge in [-0.25, -0.2) is 4.39 Å². The summed E-state index contributed by atoms with van der Waals surface area (Å²) in [5.41, 5.74) is 3.83. The van der Waals surface area contributed by atoms with Gasteiger partial charge in [0.1, 0.15) is 11.9 Å². The zero-order valence-corrected chi connectivity index (χ0v) is 12.4. The molecule has 1 N–H and O–H groups in total. The number of benzene rings is 2. The second-order valence-corrected chi connectivity index (χ2v) is 5.52. The summed E-state index contributed by atoms with van der Waals surface area (Å²) < 4.78 is 13.8. The average Bonchev–Trinajstić information content (AvgIpc) is 2.32. The monoisotopic (exact) mass is 356 g/mol. The Morgan fingerprint density at radius 3 is 2.50 bits per heavy atom. The number of aliphatic hydroxyl groups is 1. The number of rotatable bonds is 2. The molecule has 1 atom stereocenters. The van der Waals surface area contributed by atoms with Crippen LogP contribution in [0.25, 0.3) is 0 Å². The van der Waals surface area contributed by atoms with Crippen LogP contribution in [-0.2, 0) is 0 Å². The van der Waals surface area contributed by atoms with Crippen LogP contribution in [0.2, 0.25) is 0 Å². The largest absolute Gasteiger partial charge is 0.384 e. The first-order valence-corrected chi connectivity index (χ1v) is 6.77. The Bertz CT molecular complexity index is 581. The third kappa shape index (κ3) is 2.57. The van der Waals surface area contributed by atoms with Crippen molar-refractivity contribution in [1.82, 2.24) is 0 Å². The summed E-state index contributed by atoms with van der Waals surface area (Å²) in [4.78, 5) is 0. The van der Waals surface area contributed by atoms with Crippen molar-refractivity contribution >= 4 is 22.6 Å². The summed E-state index contributed by atoms with van der Waals surface area (Å²) in [6, 6.07) is 10.3. The van der Waals surface area contributed by atoms with Crippen molar-refractivity contribution in [2.24, 2.45) is 0 Å². The van der Waals surface area contributed by atoms with E-state index < -0.39 is 6.10 Å². The maximum absolute atomic E-state index is 13.1. The number of aliphatic hydroxyl groups excluding tert-OH is 1. The molecule has 0 bridgehead atoms. The van der Waals surface area contributed by atoms with Crippen LogP contribution in [0.4, 0.5) is 4.39 Å². The topological polar surface area (TPSA) is 20.2 Å². The van der Waals surface area contributed by atoms with Gasteiger partial charge < -0.3 is 5.11 Å². The van der Waals surface area contributed by atoms with Crippen LogP contribution in [0.3, 0.4) is 0 Å². The first kappa shape index (κ1) is 13.5. The molecule has 0 aliphatic carbocycles. The van der Waals surface area contributed by atoms with E-state index in [-0.39, 0.29) is 5.82 Å². The van der Waals surface area contributed by atoms with Gasteiger partial charge in [-0.15, -0.1) is 0 Å². The van der Waals surface area contributed by atoms with E-state index in [4.69, 9.17) is 0 Å². The Balaban J connectivity index is 2.48. The van der Waals surface area contributed by atoms with Crippen molar-refractivity contribution in [2.45, 2.75) is 20.0 Å². The summed E-state index contributed by atoms with van der Waals surface area (Å²) in [5.74, 6) is -0.281. The molecular weight excluding hydrogens is 342 g/mol. The van der Waals surface area contributed by atoms with Crippen molar-refractivity contribution in [3.05, 3.63) is 68.0 Å². The minimum Gasteiger partial charge on any atom is -0.384 e. The van der Waals surface area contributed by atoms with Gasteiger partial charge in [-0.05, 0) is 70.8 Å².